The summed E-state index contributed by atoms with van der Waals surface area (Å²) in [5.41, 5.74) is -0.117. The van der Waals surface area contributed by atoms with Crippen LogP contribution in [0.4, 0.5) is 13.2 Å². The largest absolute Gasteiger partial charge is 0.351 e. The van der Waals surface area contributed by atoms with Gasteiger partial charge in [-0.2, -0.15) is 5.26 Å². The maximum absolute atomic E-state index is 14.2. The number of hydrogen-bond acceptors (Lipinski definition) is 4. The van der Waals surface area contributed by atoms with E-state index in [4.69, 9.17) is 0 Å². The minimum absolute atomic E-state index is 0.0509. The maximum Gasteiger partial charge on any atom is 0.237 e. The third-order valence-corrected chi connectivity index (χ3v) is 6.24. The van der Waals surface area contributed by atoms with E-state index in [1.54, 1.807) is 4.90 Å². The highest BCUT2D eigenvalue weighted by Crippen LogP contribution is 2.47. The predicted molar refractivity (Wildman–Crippen MR) is 100 cm³/mol. The molecule has 1 saturated carbocycles. The summed E-state index contributed by atoms with van der Waals surface area (Å²) in [6.07, 6.45) is 2.71. The van der Waals surface area contributed by atoms with Crippen molar-refractivity contribution in [3.8, 4) is 6.07 Å². The van der Waals surface area contributed by atoms with Crippen LogP contribution in [0.15, 0.2) is 12.1 Å². The van der Waals surface area contributed by atoms with Crippen molar-refractivity contribution in [1.29, 1.82) is 5.26 Å². The number of carbonyl (C=O) groups excluding carboxylic acids is 2. The number of rotatable bonds is 6. The maximum atomic E-state index is 14.2. The van der Waals surface area contributed by atoms with Crippen LogP contribution in [-0.2, 0) is 16.0 Å². The summed E-state index contributed by atoms with van der Waals surface area (Å²) in [4.78, 5) is 27.1. The van der Waals surface area contributed by atoms with E-state index in [0.717, 1.165) is 18.9 Å². The molecule has 30 heavy (non-hydrogen) atoms. The molecule has 2 N–H and O–H groups in total. The minimum Gasteiger partial charge on any atom is -0.351 e. The fraction of sp³-hybridized carbons (Fsp3) is 0.571. The molecule has 3 aliphatic rings. The van der Waals surface area contributed by atoms with E-state index in [1.807, 2.05) is 0 Å². The number of hydrogen-bond donors (Lipinski definition) is 2. The van der Waals surface area contributed by atoms with Crippen LogP contribution in [0.25, 0.3) is 0 Å². The number of nitrogens with one attached hydrogen (secondary N) is 2. The number of fused-ring (bicyclic) bond motifs is 1. The van der Waals surface area contributed by atoms with Gasteiger partial charge in [-0.15, -0.1) is 0 Å². The van der Waals surface area contributed by atoms with E-state index in [0.29, 0.717) is 31.4 Å². The highest BCUT2D eigenvalue weighted by molar-refractivity contribution is 5.84. The standard InChI is InChI=1S/C21H23F3N4O2/c22-15-9-17(24)16(23)6-11(15)4-13(27-21(30)18-2-1-3-26-18)8-20(29)28-14(10-25)5-12-7-19(12)28/h6,9,12-14,18-19,26H,1-5,7-8H2,(H,27,30)/t12?,13-,14?,18?,19?/m1/s1. The molecule has 4 unspecified atom stereocenters. The average molecular weight is 420 g/mol. The molecule has 0 radical (unpaired) electrons. The van der Waals surface area contributed by atoms with Crippen molar-refractivity contribution in [3.05, 3.63) is 35.1 Å². The molecule has 3 fully saturated rings. The van der Waals surface area contributed by atoms with E-state index >= 15 is 0 Å². The van der Waals surface area contributed by atoms with Gasteiger partial charge in [-0.1, -0.05) is 0 Å². The monoisotopic (exact) mass is 420 g/mol. The fourth-order valence-electron chi connectivity index (χ4n) is 4.62. The van der Waals surface area contributed by atoms with E-state index in [1.165, 1.54) is 0 Å². The van der Waals surface area contributed by atoms with Crippen LogP contribution >= 0.6 is 0 Å². The number of likely N-dealkylation sites (tertiary alicyclic amines) is 1. The lowest BCUT2D eigenvalue weighted by molar-refractivity contribution is -0.133. The van der Waals surface area contributed by atoms with Crippen molar-refractivity contribution in [2.75, 3.05) is 6.54 Å². The Hall–Kier alpha value is -2.60. The SMILES string of the molecule is N#CC1CC2CC2N1C(=O)C[C@@H](Cc1cc(F)c(F)cc1F)NC(=O)C1CCCN1. The number of amides is 2. The van der Waals surface area contributed by atoms with Crippen LogP contribution < -0.4 is 10.6 Å². The zero-order valence-electron chi connectivity index (χ0n) is 16.3. The molecule has 2 aliphatic heterocycles. The van der Waals surface area contributed by atoms with E-state index in [9.17, 15) is 28.0 Å². The molecule has 2 saturated heterocycles. The molecule has 4 rings (SSSR count). The molecular formula is C21H23F3N4O2. The van der Waals surface area contributed by atoms with Crippen LogP contribution in [0.5, 0.6) is 0 Å². The first-order chi connectivity index (χ1) is 14.4. The second kappa shape index (κ2) is 8.26. The second-order valence-electron chi connectivity index (χ2n) is 8.37. The van der Waals surface area contributed by atoms with Crippen LogP contribution in [-0.4, -0.2) is 47.4 Å². The zero-order chi connectivity index (χ0) is 21.4. The van der Waals surface area contributed by atoms with Crippen LogP contribution in [0.2, 0.25) is 0 Å². The van der Waals surface area contributed by atoms with Crippen molar-refractivity contribution < 1.29 is 22.8 Å². The first-order valence-electron chi connectivity index (χ1n) is 10.2. The van der Waals surface area contributed by atoms with Crippen molar-refractivity contribution in [2.24, 2.45) is 5.92 Å². The third-order valence-electron chi connectivity index (χ3n) is 6.24. The highest BCUT2D eigenvalue weighted by atomic mass is 19.2. The van der Waals surface area contributed by atoms with Crippen molar-refractivity contribution >= 4 is 11.8 Å². The van der Waals surface area contributed by atoms with Crippen LogP contribution in [0.1, 0.15) is 37.7 Å². The summed E-state index contributed by atoms with van der Waals surface area (Å²) in [6.45, 7) is 0.709. The molecule has 9 heteroatoms. The summed E-state index contributed by atoms with van der Waals surface area (Å²) < 4.78 is 41.1. The molecule has 1 aliphatic carbocycles. The van der Waals surface area contributed by atoms with Crippen LogP contribution in [0, 0.1) is 34.7 Å². The smallest absolute Gasteiger partial charge is 0.237 e. The van der Waals surface area contributed by atoms with E-state index < -0.39 is 35.6 Å². The number of halogens is 3. The molecule has 0 bridgehead atoms. The Morgan fingerprint density at radius 3 is 2.70 bits per heavy atom. The zero-order valence-corrected chi connectivity index (χ0v) is 16.3. The molecule has 2 heterocycles. The average Bonchev–Trinajstić information content (AvgIpc) is 3.12. The number of nitrogens with zero attached hydrogens (tertiary/aromatic N) is 2. The summed E-state index contributed by atoms with van der Waals surface area (Å²) in [7, 11) is 0. The van der Waals surface area contributed by atoms with Gasteiger partial charge < -0.3 is 15.5 Å². The summed E-state index contributed by atoms with van der Waals surface area (Å²) in [5, 5.41) is 15.2. The van der Waals surface area contributed by atoms with Crippen molar-refractivity contribution in [2.45, 2.75) is 62.7 Å². The fourth-order valence-corrected chi connectivity index (χ4v) is 4.62. The summed E-state index contributed by atoms with van der Waals surface area (Å²) in [6, 6.07) is 1.72. The van der Waals surface area contributed by atoms with Crippen molar-refractivity contribution in [3.63, 3.8) is 0 Å². The van der Waals surface area contributed by atoms with E-state index in [-0.39, 0.29) is 36.3 Å². The van der Waals surface area contributed by atoms with Gasteiger partial charge in [0.05, 0.1) is 12.1 Å². The van der Waals surface area contributed by atoms with Gasteiger partial charge in [0.15, 0.2) is 11.6 Å². The summed E-state index contributed by atoms with van der Waals surface area (Å²) in [5.74, 6) is -3.67. The molecule has 0 spiro atoms. The first kappa shape index (κ1) is 20.7. The molecule has 6 nitrogen and oxygen atoms in total. The minimum atomic E-state index is -1.29. The first-order valence-corrected chi connectivity index (χ1v) is 10.2. The van der Waals surface area contributed by atoms with Gasteiger partial charge in [0.2, 0.25) is 11.8 Å². The number of carbonyl (C=O) groups is 2. The lowest BCUT2D eigenvalue weighted by Crippen LogP contribution is -2.48. The quantitative estimate of drug-likeness (QED) is 0.688. The van der Waals surface area contributed by atoms with Gasteiger partial charge in [-0.3, -0.25) is 9.59 Å². The predicted octanol–water partition coefficient (Wildman–Crippen LogP) is 1.79. The summed E-state index contributed by atoms with van der Waals surface area (Å²) >= 11 is 0. The molecular weight excluding hydrogens is 397 g/mol. The van der Waals surface area contributed by atoms with E-state index in [2.05, 4.69) is 16.7 Å². The van der Waals surface area contributed by atoms with Gasteiger partial charge in [0.25, 0.3) is 0 Å². The third kappa shape index (κ3) is 4.15. The van der Waals surface area contributed by atoms with Gasteiger partial charge in [0.1, 0.15) is 11.9 Å². The Morgan fingerprint density at radius 2 is 2.00 bits per heavy atom. The molecule has 0 aromatic heterocycles. The molecule has 160 valence electrons. The highest BCUT2D eigenvalue weighted by Gasteiger charge is 2.54. The van der Waals surface area contributed by atoms with Gasteiger partial charge in [-0.25, -0.2) is 13.2 Å². The van der Waals surface area contributed by atoms with Gasteiger partial charge in [-0.05, 0) is 56.2 Å². The Kier molecular flexibility index (Phi) is 5.69. The molecule has 1 aromatic carbocycles. The molecule has 1 aromatic rings. The molecule has 5 atom stereocenters. The Balaban J connectivity index is 1.51. The number of nitriles is 1. The Labute approximate surface area is 172 Å². The molecule has 2 amide bonds. The number of benzene rings is 1. The lowest BCUT2D eigenvalue weighted by Gasteiger charge is -2.27. The van der Waals surface area contributed by atoms with Gasteiger partial charge in [0, 0.05) is 24.6 Å². The Morgan fingerprint density at radius 1 is 1.23 bits per heavy atom. The normalized spacial score (nSPS) is 28.0. The lowest BCUT2D eigenvalue weighted by atomic mass is 10.0. The number of piperidine rings is 1. The Bertz CT molecular complexity index is 897. The van der Waals surface area contributed by atoms with Gasteiger partial charge >= 0.3 is 0 Å². The second-order valence-corrected chi connectivity index (χ2v) is 8.37. The topological polar surface area (TPSA) is 85.2 Å². The van der Waals surface area contributed by atoms with Crippen molar-refractivity contribution in [1.82, 2.24) is 15.5 Å². The van der Waals surface area contributed by atoms with Crippen LogP contribution in [0.3, 0.4) is 0 Å².